The highest BCUT2D eigenvalue weighted by molar-refractivity contribution is 7.99. The molecule has 1 aromatic carbocycles. The topological polar surface area (TPSA) is 62.8 Å². The van der Waals surface area contributed by atoms with Gasteiger partial charge in [0.05, 0.1) is 4.90 Å². The standard InChI is InChI=1S/C12H9FN2O2S/c1-7-4-11(17)15-12(14-7)18-10-3-2-8(6-16)5-9(10)13/h2-6H,1H3,(H,14,15,17). The van der Waals surface area contributed by atoms with Gasteiger partial charge in [-0.1, -0.05) is 6.07 Å². The minimum absolute atomic E-state index is 0.266. The van der Waals surface area contributed by atoms with Crippen molar-refractivity contribution in [1.29, 1.82) is 0 Å². The van der Waals surface area contributed by atoms with Crippen molar-refractivity contribution in [3.05, 3.63) is 51.7 Å². The summed E-state index contributed by atoms with van der Waals surface area (Å²) in [5, 5.41) is 0.317. The maximum atomic E-state index is 13.6. The van der Waals surface area contributed by atoms with E-state index >= 15 is 0 Å². The van der Waals surface area contributed by atoms with E-state index in [2.05, 4.69) is 9.97 Å². The Labute approximate surface area is 106 Å². The minimum atomic E-state index is -0.520. The van der Waals surface area contributed by atoms with E-state index in [9.17, 15) is 14.0 Å². The Morgan fingerprint density at radius 3 is 2.78 bits per heavy atom. The lowest BCUT2D eigenvalue weighted by Crippen LogP contribution is -2.08. The van der Waals surface area contributed by atoms with Gasteiger partial charge in [-0.15, -0.1) is 0 Å². The van der Waals surface area contributed by atoms with Crippen LogP contribution in [-0.4, -0.2) is 16.3 Å². The molecule has 2 aromatic rings. The third kappa shape index (κ3) is 2.84. The molecule has 0 unspecified atom stereocenters. The van der Waals surface area contributed by atoms with Crippen molar-refractivity contribution >= 4 is 18.0 Å². The van der Waals surface area contributed by atoms with Crippen LogP contribution in [0.3, 0.4) is 0 Å². The molecule has 0 bridgehead atoms. The molecule has 4 nitrogen and oxygen atoms in total. The van der Waals surface area contributed by atoms with Crippen molar-refractivity contribution in [3.63, 3.8) is 0 Å². The average Bonchev–Trinajstić information content (AvgIpc) is 2.30. The zero-order chi connectivity index (χ0) is 13.1. The summed E-state index contributed by atoms with van der Waals surface area (Å²) in [5.41, 5.74) is 0.545. The number of carbonyl (C=O) groups is 1. The third-order valence-electron chi connectivity index (χ3n) is 2.15. The van der Waals surface area contributed by atoms with Gasteiger partial charge in [0, 0.05) is 17.3 Å². The van der Waals surface area contributed by atoms with E-state index in [0.717, 1.165) is 17.8 Å². The van der Waals surface area contributed by atoms with E-state index in [1.165, 1.54) is 18.2 Å². The summed E-state index contributed by atoms with van der Waals surface area (Å²) in [6.07, 6.45) is 0.574. The monoisotopic (exact) mass is 264 g/mol. The molecule has 0 saturated carbocycles. The second kappa shape index (κ2) is 5.14. The van der Waals surface area contributed by atoms with Crippen molar-refractivity contribution < 1.29 is 9.18 Å². The van der Waals surface area contributed by atoms with Crippen LogP contribution < -0.4 is 5.56 Å². The molecule has 0 fully saturated rings. The van der Waals surface area contributed by atoms with Crippen LogP contribution in [0, 0.1) is 12.7 Å². The lowest BCUT2D eigenvalue weighted by molar-refractivity contribution is 0.112. The van der Waals surface area contributed by atoms with Crippen molar-refractivity contribution in [1.82, 2.24) is 9.97 Å². The summed E-state index contributed by atoms with van der Waals surface area (Å²) in [5.74, 6) is -0.520. The van der Waals surface area contributed by atoms with Crippen LogP contribution in [0.15, 0.2) is 39.1 Å². The quantitative estimate of drug-likeness (QED) is 0.681. The SMILES string of the molecule is Cc1cc(=O)[nH]c(Sc2ccc(C=O)cc2F)n1. The summed E-state index contributed by atoms with van der Waals surface area (Å²) in [6, 6.07) is 5.48. The smallest absolute Gasteiger partial charge is 0.251 e. The number of aromatic nitrogens is 2. The van der Waals surface area contributed by atoms with Crippen LogP contribution in [0.5, 0.6) is 0 Å². The van der Waals surface area contributed by atoms with Gasteiger partial charge in [0.25, 0.3) is 5.56 Å². The molecule has 0 aliphatic heterocycles. The number of halogens is 1. The van der Waals surface area contributed by atoms with Gasteiger partial charge in [0.1, 0.15) is 12.1 Å². The molecule has 1 heterocycles. The van der Waals surface area contributed by atoms with Crippen molar-refractivity contribution in [2.75, 3.05) is 0 Å². The predicted molar refractivity (Wildman–Crippen MR) is 65.5 cm³/mol. The van der Waals surface area contributed by atoms with Gasteiger partial charge in [0.2, 0.25) is 0 Å². The van der Waals surface area contributed by atoms with Gasteiger partial charge >= 0.3 is 0 Å². The normalized spacial score (nSPS) is 10.3. The summed E-state index contributed by atoms with van der Waals surface area (Å²) >= 11 is 1.00. The van der Waals surface area contributed by atoms with Crippen molar-refractivity contribution in [3.8, 4) is 0 Å². The maximum absolute atomic E-state index is 13.6. The van der Waals surface area contributed by atoms with Crippen LogP contribution >= 0.6 is 11.8 Å². The second-order valence-electron chi connectivity index (χ2n) is 3.60. The number of benzene rings is 1. The molecule has 92 valence electrons. The van der Waals surface area contributed by atoms with Crippen LogP contribution in [0.1, 0.15) is 16.1 Å². The first-order valence-electron chi connectivity index (χ1n) is 5.09. The molecule has 0 radical (unpaired) electrons. The molecule has 2 rings (SSSR count). The van der Waals surface area contributed by atoms with Crippen LogP contribution in [-0.2, 0) is 0 Å². The highest BCUT2D eigenvalue weighted by Crippen LogP contribution is 2.26. The Bertz CT molecular complexity index is 655. The highest BCUT2D eigenvalue weighted by atomic mass is 32.2. The largest absolute Gasteiger partial charge is 0.301 e. The Balaban J connectivity index is 2.33. The Hall–Kier alpha value is -1.95. The minimum Gasteiger partial charge on any atom is -0.301 e. The average molecular weight is 264 g/mol. The predicted octanol–water partition coefficient (Wildman–Crippen LogP) is 2.18. The number of rotatable bonds is 3. The summed E-state index contributed by atoms with van der Waals surface area (Å²) < 4.78 is 13.6. The Kier molecular flexibility index (Phi) is 3.57. The molecule has 6 heteroatoms. The number of aromatic amines is 1. The fourth-order valence-corrected chi connectivity index (χ4v) is 2.22. The molecule has 0 atom stereocenters. The summed E-state index contributed by atoms with van der Waals surface area (Å²) in [7, 11) is 0. The number of carbonyl (C=O) groups excluding carboxylic acids is 1. The fourth-order valence-electron chi connectivity index (χ4n) is 1.38. The van der Waals surface area contributed by atoms with Crippen molar-refractivity contribution in [2.24, 2.45) is 0 Å². The van der Waals surface area contributed by atoms with Gasteiger partial charge in [-0.25, -0.2) is 9.37 Å². The van der Waals surface area contributed by atoms with E-state index in [0.29, 0.717) is 22.0 Å². The van der Waals surface area contributed by atoms with Gasteiger partial charge in [-0.3, -0.25) is 9.59 Å². The highest BCUT2D eigenvalue weighted by Gasteiger charge is 2.07. The van der Waals surface area contributed by atoms with E-state index in [1.807, 2.05) is 0 Å². The molecule has 0 spiro atoms. The molecule has 1 N–H and O–H groups in total. The van der Waals surface area contributed by atoms with Crippen LogP contribution in [0.4, 0.5) is 4.39 Å². The van der Waals surface area contributed by atoms with Crippen LogP contribution in [0.25, 0.3) is 0 Å². The number of nitrogens with one attached hydrogen (secondary N) is 1. The molecule has 0 aliphatic rings. The van der Waals surface area contributed by atoms with Gasteiger partial charge < -0.3 is 4.98 Å². The molecular weight excluding hydrogens is 255 g/mol. The number of nitrogens with zero attached hydrogens (tertiary/aromatic N) is 1. The number of hydrogen-bond donors (Lipinski definition) is 1. The van der Waals surface area contributed by atoms with E-state index in [-0.39, 0.29) is 11.1 Å². The Morgan fingerprint density at radius 2 is 2.17 bits per heavy atom. The van der Waals surface area contributed by atoms with E-state index < -0.39 is 5.82 Å². The molecule has 1 aromatic heterocycles. The molecular formula is C12H9FN2O2S. The first-order chi connectivity index (χ1) is 8.58. The summed E-state index contributed by atoms with van der Waals surface area (Å²) in [6.45, 7) is 1.69. The zero-order valence-corrected chi connectivity index (χ0v) is 10.3. The van der Waals surface area contributed by atoms with Gasteiger partial charge in [0.15, 0.2) is 5.16 Å². The Morgan fingerprint density at radius 1 is 1.39 bits per heavy atom. The first-order valence-corrected chi connectivity index (χ1v) is 5.90. The fraction of sp³-hybridized carbons (Fsp3) is 0.0833. The second-order valence-corrected chi connectivity index (χ2v) is 4.63. The number of aryl methyl sites for hydroxylation is 1. The van der Waals surface area contributed by atoms with Crippen LogP contribution in [0.2, 0.25) is 0 Å². The zero-order valence-electron chi connectivity index (χ0n) is 9.44. The van der Waals surface area contributed by atoms with E-state index in [4.69, 9.17) is 0 Å². The molecule has 0 aliphatic carbocycles. The molecule has 0 amide bonds. The van der Waals surface area contributed by atoms with Crippen molar-refractivity contribution in [2.45, 2.75) is 17.0 Å². The third-order valence-corrected chi connectivity index (χ3v) is 3.08. The lowest BCUT2D eigenvalue weighted by atomic mass is 10.2. The summed E-state index contributed by atoms with van der Waals surface area (Å²) in [4.78, 5) is 28.6. The molecule has 0 saturated heterocycles. The first kappa shape index (κ1) is 12.5. The number of aldehydes is 1. The lowest BCUT2D eigenvalue weighted by Gasteiger charge is -2.03. The van der Waals surface area contributed by atoms with Gasteiger partial charge in [-0.2, -0.15) is 0 Å². The molecule has 18 heavy (non-hydrogen) atoms. The number of H-pyrrole nitrogens is 1. The van der Waals surface area contributed by atoms with Gasteiger partial charge in [-0.05, 0) is 30.8 Å². The number of hydrogen-bond acceptors (Lipinski definition) is 4. The van der Waals surface area contributed by atoms with E-state index in [1.54, 1.807) is 6.92 Å². The maximum Gasteiger partial charge on any atom is 0.251 e.